The van der Waals surface area contributed by atoms with Gasteiger partial charge in [-0.25, -0.2) is 0 Å². The van der Waals surface area contributed by atoms with Gasteiger partial charge in [0.2, 0.25) is 0 Å². The fourth-order valence-electron chi connectivity index (χ4n) is 0.275. The minimum atomic E-state index is -1.29. The Bertz CT molecular complexity index is 133. The maximum atomic E-state index is 9.85. The predicted octanol–water partition coefficient (Wildman–Crippen LogP) is -1.13. The summed E-state index contributed by atoms with van der Waals surface area (Å²) in [7, 11) is 0. The molecule has 0 rings (SSSR count). The Morgan fingerprint density at radius 2 is 1.89 bits per heavy atom. The summed E-state index contributed by atoms with van der Waals surface area (Å²) in [6.07, 6.45) is -0.532. The van der Waals surface area contributed by atoms with E-state index in [1.165, 1.54) is 0 Å². The summed E-state index contributed by atoms with van der Waals surface area (Å²) in [6, 6.07) is -1.29. The van der Waals surface area contributed by atoms with Crippen molar-refractivity contribution in [1.82, 2.24) is 0 Å². The zero-order valence-electron chi connectivity index (χ0n) is 4.57. The van der Waals surface area contributed by atoms with Crippen LogP contribution in [0.15, 0.2) is 0 Å². The third-order valence-electron chi connectivity index (χ3n) is 0.712. The topological polar surface area (TPSA) is 101 Å². The van der Waals surface area contributed by atoms with Crippen molar-refractivity contribution in [2.45, 2.75) is 12.5 Å². The van der Waals surface area contributed by atoms with Crippen LogP contribution in [-0.2, 0) is 9.59 Å². The van der Waals surface area contributed by atoms with Crippen molar-refractivity contribution in [1.29, 1.82) is 0 Å². The largest absolute Gasteiger partial charge is 0.481 e. The zero-order chi connectivity index (χ0) is 7.44. The molecule has 5 nitrogen and oxygen atoms in total. The SMILES string of the molecule is N[13CH]([13CH2][13C](=O)O)[13C](=O)O. The average molecular weight is 137 g/mol. The number of hydrogen-bond donors (Lipinski definition) is 3. The molecule has 1 unspecified atom stereocenters. The van der Waals surface area contributed by atoms with E-state index in [-0.39, 0.29) is 0 Å². The predicted molar refractivity (Wildman–Crippen MR) is 27.9 cm³/mol. The van der Waals surface area contributed by atoms with Gasteiger partial charge < -0.3 is 15.9 Å². The third-order valence-corrected chi connectivity index (χ3v) is 0.712. The molecule has 0 aromatic rings. The highest BCUT2D eigenvalue weighted by Gasteiger charge is 2.14. The summed E-state index contributed by atoms with van der Waals surface area (Å²) in [5.74, 6) is -2.50. The van der Waals surface area contributed by atoms with Crippen molar-refractivity contribution in [2.75, 3.05) is 0 Å². The van der Waals surface area contributed by atoms with E-state index in [2.05, 4.69) is 0 Å². The third kappa shape index (κ3) is 3.48. The van der Waals surface area contributed by atoms with Gasteiger partial charge in [-0.15, -0.1) is 0 Å². The second-order valence-corrected chi connectivity index (χ2v) is 1.54. The Balaban J connectivity index is 3.63. The lowest BCUT2D eigenvalue weighted by Crippen LogP contribution is -2.32. The van der Waals surface area contributed by atoms with Crippen molar-refractivity contribution in [3.05, 3.63) is 0 Å². The summed E-state index contributed by atoms with van der Waals surface area (Å²) >= 11 is 0. The van der Waals surface area contributed by atoms with E-state index in [9.17, 15) is 9.59 Å². The summed E-state index contributed by atoms with van der Waals surface area (Å²) in [5.41, 5.74) is 4.84. The molecule has 0 spiro atoms. The number of hydrogen-bond acceptors (Lipinski definition) is 3. The maximum Gasteiger partial charge on any atom is 0.321 e. The van der Waals surface area contributed by atoms with E-state index in [1.807, 2.05) is 0 Å². The van der Waals surface area contributed by atoms with Crippen LogP contribution in [0.3, 0.4) is 0 Å². The van der Waals surface area contributed by atoms with Crippen LogP contribution in [0.4, 0.5) is 0 Å². The van der Waals surface area contributed by atoms with Crippen molar-refractivity contribution in [3.8, 4) is 0 Å². The highest BCUT2D eigenvalue weighted by Crippen LogP contribution is 1.86. The first-order valence-electron chi connectivity index (χ1n) is 2.24. The monoisotopic (exact) mass is 137 g/mol. The summed E-state index contributed by atoms with van der Waals surface area (Å²) < 4.78 is 0. The molecule has 0 bridgehead atoms. The molecule has 0 heterocycles. The van der Waals surface area contributed by atoms with Gasteiger partial charge >= 0.3 is 11.9 Å². The Kier molecular flexibility index (Phi) is 2.66. The van der Waals surface area contributed by atoms with Gasteiger partial charge in [0.1, 0.15) is 6.04 Å². The highest BCUT2D eigenvalue weighted by atomic mass is 16.5. The van der Waals surface area contributed by atoms with Crippen LogP contribution in [0, 0.1) is 0 Å². The number of carbonyl (C=O) groups is 2. The Labute approximate surface area is 51.1 Å². The van der Waals surface area contributed by atoms with Crippen LogP contribution in [0.25, 0.3) is 0 Å². The Hall–Kier alpha value is -1.10. The molecule has 0 saturated heterocycles. The molecule has 0 radical (unpaired) electrons. The first kappa shape index (κ1) is 7.90. The van der Waals surface area contributed by atoms with Crippen LogP contribution in [0.5, 0.6) is 0 Å². The fourth-order valence-corrected chi connectivity index (χ4v) is 0.275. The summed E-state index contributed by atoms with van der Waals surface area (Å²) in [6.45, 7) is 0. The van der Waals surface area contributed by atoms with Gasteiger partial charge in [-0.1, -0.05) is 0 Å². The second kappa shape index (κ2) is 3.03. The molecule has 0 aromatic heterocycles. The van der Waals surface area contributed by atoms with E-state index in [1.54, 1.807) is 0 Å². The number of aliphatic carboxylic acids is 2. The van der Waals surface area contributed by atoms with Crippen LogP contribution >= 0.6 is 0 Å². The van der Waals surface area contributed by atoms with Gasteiger partial charge in [0.15, 0.2) is 0 Å². The summed E-state index contributed by atoms with van der Waals surface area (Å²) in [4.78, 5) is 19.6. The standard InChI is InChI=1S/C4H7NO4/c5-2(4(8)9)1-3(6)7/h2H,1,5H2,(H,6,7)(H,8,9)/i1+1,2+1,3+1,4+1. The van der Waals surface area contributed by atoms with Gasteiger partial charge in [0.05, 0.1) is 6.42 Å². The molecular formula is C4H7NO4. The molecule has 4 N–H and O–H groups in total. The second-order valence-electron chi connectivity index (χ2n) is 1.54. The maximum absolute atomic E-state index is 9.85. The zero-order valence-corrected chi connectivity index (χ0v) is 4.57. The van der Waals surface area contributed by atoms with Crippen LogP contribution in [0.1, 0.15) is 6.42 Å². The van der Waals surface area contributed by atoms with E-state index in [0.29, 0.717) is 0 Å². The van der Waals surface area contributed by atoms with E-state index >= 15 is 0 Å². The molecule has 0 aliphatic carbocycles. The van der Waals surface area contributed by atoms with Gasteiger partial charge in [-0.05, 0) is 0 Å². The molecule has 0 saturated carbocycles. The van der Waals surface area contributed by atoms with Gasteiger partial charge in [0, 0.05) is 0 Å². The van der Waals surface area contributed by atoms with Crippen molar-refractivity contribution < 1.29 is 19.8 Å². The smallest absolute Gasteiger partial charge is 0.321 e. The van der Waals surface area contributed by atoms with Crippen LogP contribution in [-0.4, -0.2) is 28.2 Å². The minimum Gasteiger partial charge on any atom is -0.481 e. The molecule has 0 fully saturated rings. The number of nitrogens with two attached hydrogens (primary N) is 1. The van der Waals surface area contributed by atoms with Gasteiger partial charge in [-0.3, -0.25) is 9.59 Å². The average Bonchev–Trinajstić information content (AvgIpc) is 1.63. The van der Waals surface area contributed by atoms with E-state index in [0.717, 1.165) is 0 Å². The Morgan fingerprint density at radius 1 is 1.44 bits per heavy atom. The van der Waals surface area contributed by atoms with Crippen molar-refractivity contribution >= 4 is 11.9 Å². The van der Waals surface area contributed by atoms with E-state index < -0.39 is 24.4 Å². The fraction of sp³-hybridized carbons (Fsp3) is 0.500. The van der Waals surface area contributed by atoms with Crippen LogP contribution < -0.4 is 5.73 Å². The molecule has 9 heavy (non-hydrogen) atoms. The summed E-state index contributed by atoms with van der Waals surface area (Å²) in [5, 5.41) is 16.0. The lowest BCUT2D eigenvalue weighted by atomic mass is 11.2. The number of rotatable bonds is 3. The van der Waals surface area contributed by atoms with E-state index in [4.69, 9.17) is 15.9 Å². The molecule has 1 atom stereocenters. The lowest BCUT2D eigenvalue weighted by Gasteiger charge is -1.99. The molecule has 0 aliphatic heterocycles. The van der Waals surface area contributed by atoms with Crippen LogP contribution in [0.2, 0.25) is 0 Å². The number of carboxylic acids is 2. The normalized spacial score (nSPS) is 12.6. The molecule has 52 valence electrons. The highest BCUT2D eigenvalue weighted by molar-refractivity contribution is 5.80. The van der Waals surface area contributed by atoms with Gasteiger partial charge in [0.25, 0.3) is 0 Å². The quantitative estimate of drug-likeness (QED) is 0.427. The molecular weight excluding hydrogens is 130 g/mol. The molecule has 0 aromatic carbocycles. The number of carboxylic acid groups (broad SMARTS) is 2. The lowest BCUT2D eigenvalue weighted by molar-refractivity contribution is -0.144. The van der Waals surface area contributed by atoms with Crippen molar-refractivity contribution in [3.63, 3.8) is 0 Å². The van der Waals surface area contributed by atoms with Gasteiger partial charge in [-0.2, -0.15) is 0 Å². The van der Waals surface area contributed by atoms with Crippen molar-refractivity contribution in [2.24, 2.45) is 5.73 Å². The first-order chi connectivity index (χ1) is 4.04. The molecule has 0 aliphatic rings. The Morgan fingerprint density at radius 3 is 2.00 bits per heavy atom. The molecule has 5 heteroatoms. The molecule has 0 amide bonds. The minimum absolute atomic E-state index is 0.532. The first-order valence-corrected chi connectivity index (χ1v) is 2.24.